The third-order valence-electron chi connectivity index (χ3n) is 4.39. The Labute approximate surface area is 147 Å². The lowest BCUT2D eigenvalue weighted by atomic mass is 10.1. The van der Waals surface area contributed by atoms with Crippen LogP contribution >= 0.6 is 11.6 Å². The molecule has 1 aliphatic rings. The monoisotopic (exact) mass is 345 g/mol. The average Bonchev–Trinajstić information content (AvgIpc) is 2.60. The molecule has 2 aromatic carbocycles. The minimum Gasteiger partial charge on any atom is -0.370 e. The molecule has 24 heavy (non-hydrogen) atoms. The molecule has 0 saturated carbocycles. The van der Waals surface area contributed by atoms with Gasteiger partial charge in [-0.15, -0.1) is 0 Å². The predicted molar refractivity (Wildman–Crippen MR) is 95.8 cm³/mol. The fraction of sp³-hybridized carbons (Fsp3) is 0.316. The quantitative estimate of drug-likeness (QED) is 0.893. The number of hydrogen-bond acceptors (Lipinski definition) is 2. The summed E-state index contributed by atoms with van der Waals surface area (Å²) in [5, 5.41) is 3.57. The van der Waals surface area contributed by atoms with Crippen molar-refractivity contribution in [1.82, 2.24) is 0 Å². The highest BCUT2D eigenvalue weighted by atomic mass is 35.5. The van der Waals surface area contributed by atoms with E-state index in [1.165, 1.54) is 10.5 Å². The Morgan fingerprint density at radius 2 is 1.88 bits per heavy atom. The van der Waals surface area contributed by atoms with Gasteiger partial charge in [0.1, 0.15) is 19.6 Å². The number of carbonyl (C=O) groups excluding carboxylic acids is 1. The predicted octanol–water partition coefficient (Wildman–Crippen LogP) is 2.32. The summed E-state index contributed by atoms with van der Waals surface area (Å²) in [4.78, 5) is 13.9. The fourth-order valence-corrected chi connectivity index (χ4v) is 3.01. The third-order valence-corrected chi connectivity index (χ3v) is 4.80. The van der Waals surface area contributed by atoms with Gasteiger partial charge in [-0.3, -0.25) is 4.79 Å². The normalized spacial score (nSPS) is 15.2. The Morgan fingerprint density at radius 3 is 2.58 bits per heavy atom. The molecule has 0 bridgehead atoms. The molecule has 0 spiro atoms. The summed E-state index contributed by atoms with van der Waals surface area (Å²) >= 11 is 6.09. The molecular weight excluding hydrogens is 324 g/mol. The van der Waals surface area contributed by atoms with Gasteiger partial charge in [0.15, 0.2) is 0 Å². The molecule has 5 heteroatoms. The topological polar surface area (TPSA) is 42.8 Å². The van der Waals surface area contributed by atoms with E-state index in [9.17, 15) is 4.79 Å². The largest absolute Gasteiger partial charge is 0.370 e. The molecule has 1 amide bonds. The summed E-state index contributed by atoms with van der Waals surface area (Å²) in [7, 11) is 0. The van der Waals surface area contributed by atoms with E-state index in [4.69, 9.17) is 16.3 Å². The van der Waals surface area contributed by atoms with Crippen LogP contribution < -0.4 is 10.2 Å². The zero-order valence-corrected chi connectivity index (χ0v) is 14.5. The number of rotatable bonds is 4. The highest BCUT2D eigenvalue weighted by Gasteiger charge is 2.15. The summed E-state index contributed by atoms with van der Waals surface area (Å²) in [5.74, 6) is -0.120. The highest BCUT2D eigenvalue weighted by molar-refractivity contribution is 6.31. The van der Waals surface area contributed by atoms with E-state index in [2.05, 4.69) is 5.32 Å². The summed E-state index contributed by atoms with van der Waals surface area (Å²) in [6, 6.07) is 13.3. The van der Waals surface area contributed by atoms with Crippen LogP contribution in [-0.4, -0.2) is 32.2 Å². The molecule has 2 N–H and O–H groups in total. The van der Waals surface area contributed by atoms with E-state index in [0.717, 1.165) is 44.1 Å². The van der Waals surface area contributed by atoms with Crippen molar-refractivity contribution < 1.29 is 14.4 Å². The third kappa shape index (κ3) is 4.15. The van der Waals surface area contributed by atoms with E-state index in [0.29, 0.717) is 10.6 Å². The number of hydrogen-bond donors (Lipinski definition) is 2. The van der Waals surface area contributed by atoms with Crippen LogP contribution in [0.5, 0.6) is 0 Å². The van der Waals surface area contributed by atoms with E-state index >= 15 is 0 Å². The maximum atomic E-state index is 12.4. The van der Waals surface area contributed by atoms with Gasteiger partial charge in [-0.1, -0.05) is 29.8 Å². The Bertz CT molecular complexity index is 710. The van der Waals surface area contributed by atoms with Crippen molar-refractivity contribution in [2.24, 2.45) is 0 Å². The Hall–Kier alpha value is -1.88. The molecule has 0 aromatic heterocycles. The molecule has 0 unspecified atom stereocenters. The lowest BCUT2D eigenvalue weighted by Crippen LogP contribution is -3.12. The second-order valence-electron chi connectivity index (χ2n) is 6.10. The van der Waals surface area contributed by atoms with Crippen molar-refractivity contribution >= 4 is 23.2 Å². The van der Waals surface area contributed by atoms with E-state index < -0.39 is 0 Å². The van der Waals surface area contributed by atoms with Crippen LogP contribution in [0, 0.1) is 6.92 Å². The molecule has 2 aromatic rings. The number of amides is 1. The van der Waals surface area contributed by atoms with Crippen LogP contribution in [0.1, 0.15) is 21.5 Å². The Morgan fingerprint density at radius 1 is 1.17 bits per heavy atom. The van der Waals surface area contributed by atoms with E-state index in [-0.39, 0.29) is 5.91 Å². The van der Waals surface area contributed by atoms with Crippen LogP contribution in [0.15, 0.2) is 42.5 Å². The van der Waals surface area contributed by atoms with Crippen LogP contribution in [0.25, 0.3) is 0 Å². The molecule has 126 valence electrons. The summed E-state index contributed by atoms with van der Waals surface area (Å²) in [6.07, 6.45) is 0. The van der Waals surface area contributed by atoms with Gasteiger partial charge in [-0.25, -0.2) is 0 Å². The second kappa shape index (κ2) is 7.79. The zero-order chi connectivity index (χ0) is 16.9. The number of nitrogens with one attached hydrogen (secondary N) is 2. The molecule has 0 radical (unpaired) electrons. The first-order valence-electron chi connectivity index (χ1n) is 8.20. The molecule has 1 aliphatic heterocycles. The molecule has 0 aliphatic carbocycles. The zero-order valence-electron chi connectivity index (χ0n) is 13.8. The number of anilines is 1. The number of halogens is 1. The van der Waals surface area contributed by atoms with Gasteiger partial charge in [0.2, 0.25) is 0 Å². The summed E-state index contributed by atoms with van der Waals surface area (Å²) in [5.41, 5.74) is 3.51. The van der Waals surface area contributed by atoms with Gasteiger partial charge < -0.3 is 15.0 Å². The fourth-order valence-electron chi connectivity index (χ4n) is 2.84. The lowest BCUT2D eigenvalue weighted by molar-refractivity contribution is -0.921. The van der Waals surface area contributed by atoms with Gasteiger partial charge in [-0.05, 0) is 36.8 Å². The first kappa shape index (κ1) is 17.0. The second-order valence-corrected chi connectivity index (χ2v) is 6.51. The number of ether oxygens (including phenoxy) is 1. The van der Waals surface area contributed by atoms with Crippen molar-refractivity contribution in [1.29, 1.82) is 0 Å². The van der Waals surface area contributed by atoms with Gasteiger partial charge in [0.05, 0.1) is 13.2 Å². The van der Waals surface area contributed by atoms with Crippen LogP contribution in [0.2, 0.25) is 5.02 Å². The maximum Gasteiger partial charge on any atom is 0.255 e. The molecular formula is C19H22ClN2O2+. The highest BCUT2D eigenvalue weighted by Crippen LogP contribution is 2.23. The number of benzene rings is 2. The molecule has 1 fully saturated rings. The van der Waals surface area contributed by atoms with E-state index in [1.54, 1.807) is 0 Å². The first-order valence-corrected chi connectivity index (χ1v) is 8.58. The van der Waals surface area contributed by atoms with Crippen LogP contribution in [0.3, 0.4) is 0 Å². The smallest absolute Gasteiger partial charge is 0.255 e. The van der Waals surface area contributed by atoms with Crippen LogP contribution in [0.4, 0.5) is 5.69 Å². The van der Waals surface area contributed by atoms with Crippen molar-refractivity contribution in [3.05, 3.63) is 64.2 Å². The SMILES string of the molecule is Cc1c(Cl)cccc1NC(=O)c1ccc(C[NH+]2CCOCC2)cc1. The minimum atomic E-state index is -0.120. The molecule has 0 atom stereocenters. The van der Waals surface area contributed by atoms with Crippen molar-refractivity contribution in [2.75, 3.05) is 31.6 Å². The lowest BCUT2D eigenvalue weighted by Gasteiger charge is -2.23. The first-order chi connectivity index (χ1) is 11.6. The Kier molecular flexibility index (Phi) is 5.51. The van der Waals surface area contributed by atoms with Crippen molar-refractivity contribution in [2.45, 2.75) is 13.5 Å². The molecule has 4 nitrogen and oxygen atoms in total. The van der Waals surface area contributed by atoms with Crippen LogP contribution in [-0.2, 0) is 11.3 Å². The van der Waals surface area contributed by atoms with Gasteiger partial charge >= 0.3 is 0 Å². The average molecular weight is 346 g/mol. The number of morpholine rings is 1. The summed E-state index contributed by atoms with van der Waals surface area (Å²) < 4.78 is 5.38. The summed E-state index contributed by atoms with van der Waals surface area (Å²) in [6.45, 7) is 6.60. The maximum absolute atomic E-state index is 12.4. The molecule has 1 saturated heterocycles. The Balaban J connectivity index is 1.64. The molecule has 1 heterocycles. The minimum absolute atomic E-state index is 0.120. The standard InChI is InChI=1S/C19H21ClN2O2/c1-14-17(20)3-2-4-18(14)21-19(23)16-7-5-15(6-8-16)13-22-9-11-24-12-10-22/h2-8H,9-13H2,1H3,(H,21,23)/p+1. The van der Waals surface area contributed by atoms with Crippen molar-refractivity contribution in [3.8, 4) is 0 Å². The molecule has 3 rings (SSSR count). The number of quaternary nitrogens is 1. The van der Waals surface area contributed by atoms with Gasteiger partial charge in [0, 0.05) is 21.8 Å². The van der Waals surface area contributed by atoms with Gasteiger partial charge in [-0.2, -0.15) is 0 Å². The van der Waals surface area contributed by atoms with E-state index in [1.807, 2.05) is 49.4 Å². The number of carbonyl (C=O) groups is 1. The van der Waals surface area contributed by atoms with Gasteiger partial charge in [0.25, 0.3) is 5.91 Å². The van der Waals surface area contributed by atoms with Crippen molar-refractivity contribution in [3.63, 3.8) is 0 Å².